The number of imide groups is 1. The Labute approximate surface area is 123 Å². The molecule has 1 aromatic carbocycles. The van der Waals surface area contributed by atoms with Crippen LogP contribution in [0.4, 0.5) is 4.79 Å². The lowest BCUT2D eigenvalue weighted by molar-refractivity contribution is -0.126. The van der Waals surface area contributed by atoms with Crippen LogP contribution < -0.4 is 10.1 Å². The molecule has 1 atom stereocenters. The number of nitrogens with one attached hydrogen (secondary N) is 1. The molecule has 1 aliphatic rings. The third kappa shape index (κ3) is 3.33. The van der Waals surface area contributed by atoms with Gasteiger partial charge in [-0.05, 0) is 37.5 Å². The van der Waals surface area contributed by atoms with Crippen molar-refractivity contribution >= 4 is 11.9 Å². The zero-order chi connectivity index (χ0) is 15.6. The maximum Gasteiger partial charge on any atom is 0.324 e. The molecule has 6 heteroatoms. The Morgan fingerprint density at radius 2 is 1.95 bits per heavy atom. The van der Waals surface area contributed by atoms with Gasteiger partial charge in [0.1, 0.15) is 18.5 Å². The molecule has 3 amide bonds. The highest BCUT2D eigenvalue weighted by Crippen LogP contribution is 2.25. The molecule has 2 rings (SSSR count). The summed E-state index contributed by atoms with van der Waals surface area (Å²) >= 11 is 0. The van der Waals surface area contributed by atoms with Crippen molar-refractivity contribution in [3.63, 3.8) is 0 Å². The van der Waals surface area contributed by atoms with E-state index in [2.05, 4.69) is 5.32 Å². The predicted molar refractivity (Wildman–Crippen MR) is 77.3 cm³/mol. The van der Waals surface area contributed by atoms with E-state index in [1.165, 1.54) is 0 Å². The zero-order valence-electron chi connectivity index (χ0n) is 12.5. The minimum absolute atomic E-state index is 0.0114. The molecule has 0 aromatic heterocycles. The minimum Gasteiger partial charge on any atom is -0.490 e. The van der Waals surface area contributed by atoms with Gasteiger partial charge in [0.2, 0.25) is 5.91 Å². The van der Waals surface area contributed by atoms with E-state index in [9.17, 15) is 14.7 Å². The number of rotatable bonds is 5. The summed E-state index contributed by atoms with van der Waals surface area (Å²) in [6, 6.07) is 3.50. The second-order valence-electron chi connectivity index (χ2n) is 5.28. The summed E-state index contributed by atoms with van der Waals surface area (Å²) in [4.78, 5) is 23.8. The van der Waals surface area contributed by atoms with Crippen LogP contribution in [0.1, 0.15) is 16.7 Å². The van der Waals surface area contributed by atoms with Gasteiger partial charge in [-0.1, -0.05) is 12.1 Å². The molecular formula is C15H20N2O4. The van der Waals surface area contributed by atoms with Crippen LogP contribution >= 0.6 is 0 Å². The van der Waals surface area contributed by atoms with Crippen molar-refractivity contribution in [1.82, 2.24) is 10.2 Å². The van der Waals surface area contributed by atoms with Gasteiger partial charge in [0.15, 0.2) is 0 Å². The number of β-amino-alcohol motifs (C(OH)–C–C–N with tert-alkyl or cyclic N) is 1. The monoisotopic (exact) mass is 292 g/mol. The van der Waals surface area contributed by atoms with Gasteiger partial charge in [-0.2, -0.15) is 0 Å². The minimum atomic E-state index is -0.919. The fourth-order valence-corrected chi connectivity index (χ4v) is 2.23. The molecule has 2 N–H and O–H groups in total. The Morgan fingerprint density at radius 1 is 1.29 bits per heavy atom. The molecule has 0 aliphatic carbocycles. The molecule has 0 radical (unpaired) electrons. The highest BCUT2D eigenvalue weighted by molar-refractivity contribution is 6.01. The van der Waals surface area contributed by atoms with Crippen LogP contribution in [0.2, 0.25) is 0 Å². The molecule has 1 fully saturated rings. The SMILES string of the molecule is Cc1ccc(C)c(OCC(O)CN2C(=O)CNC2=O)c1C. The van der Waals surface area contributed by atoms with Crippen LogP contribution in [0.3, 0.4) is 0 Å². The van der Waals surface area contributed by atoms with E-state index in [0.717, 1.165) is 27.3 Å². The Balaban J connectivity index is 1.96. The fourth-order valence-electron chi connectivity index (χ4n) is 2.23. The van der Waals surface area contributed by atoms with Crippen molar-refractivity contribution in [2.45, 2.75) is 26.9 Å². The molecule has 0 spiro atoms. The summed E-state index contributed by atoms with van der Waals surface area (Å²) in [5, 5.41) is 12.4. The first-order valence-corrected chi connectivity index (χ1v) is 6.86. The predicted octanol–water partition coefficient (Wildman–Crippen LogP) is 0.903. The molecule has 0 saturated carbocycles. The van der Waals surface area contributed by atoms with Crippen LogP contribution in [0.5, 0.6) is 5.75 Å². The van der Waals surface area contributed by atoms with E-state index in [4.69, 9.17) is 4.74 Å². The lowest BCUT2D eigenvalue weighted by Gasteiger charge is -2.19. The smallest absolute Gasteiger partial charge is 0.324 e. The highest BCUT2D eigenvalue weighted by atomic mass is 16.5. The van der Waals surface area contributed by atoms with Gasteiger partial charge in [0.25, 0.3) is 0 Å². The standard InChI is InChI=1S/C15H20N2O4/c1-9-4-5-10(2)14(11(9)3)21-8-12(18)7-17-13(19)6-16-15(17)20/h4-5,12,18H,6-8H2,1-3H3,(H,16,20). The average Bonchev–Trinajstić information content (AvgIpc) is 2.75. The Hall–Kier alpha value is -2.08. The van der Waals surface area contributed by atoms with E-state index in [0.29, 0.717) is 0 Å². The average molecular weight is 292 g/mol. The van der Waals surface area contributed by atoms with Gasteiger partial charge in [-0.3, -0.25) is 9.69 Å². The molecule has 114 valence electrons. The van der Waals surface area contributed by atoms with Crippen molar-refractivity contribution in [2.75, 3.05) is 19.7 Å². The first-order chi connectivity index (χ1) is 9.90. The number of carbonyl (C=O) groups excluding carboxylic acids is 2. The van der Waals surface area contributed by atoms with Crippen molar-refractivity contribution in [3.8, 4) is 5.75 Å². The number of carbonyl (C=O) groups is 2. The molecule has 1 aromatic rings. The second-order valence-corrected chi connectivity index (χ2v) is 5.28. The van der Waals surface area contributed by atoms with Crippen LogP contribution in [-0.4, -0.2) is 47.7 Å². The largest absolute Gasteiger partial charge is 0.490 e. The molecule has 0 bridgehead atoms. The molecule has 21 heavy (non-hydrogen) atoms. The molecule has 1 saturated heterocycles. The summed E-state index contributed by atoms with van der Waals surface area (Å²) in [5.74, 6) is 0.410. The fraction of sp³-hybridized carbons (Fsp3) is 0.467. The molecule has 1 heterocycles. The third-order valence-corrected chi connectivity index (χ3v) is 3.62. The molecule has 1 aliphatic heterocycles. The number of aliphatic hydroxyl groups excluding tert-OH is 1. The number of hydrogen-bond donors (Lipinski definition) is 2. The normalized spacial score (nSPS) is 16.1. The van der Waals surface area contributed by atoms with Crippen LogP contribution in [0.25, 0.3) is 0 Å². The van der Waals surface area contributed by atoms with Gasteiger partial charge < -0.3 is 15.2 Å². The molecule has 6 nitrogen and oxygen atoms in total. The number of amides is 3. The van der Waals surface area contributed by atoms with Crippen LogP contribution in [0, 0.1) is 20.8 Å². The zero-order valence-corrected chi connectivity index (χ0v) is 12.5. The van der Waals surface area contributed by atoms with Gasteiger partial charge in [0, 0.05) is 0 Å². The quantitative estimate of drug-likeness (QED) is 0.790. The maximum atomic E-state index is 11.4. The van der Waals surface area contributed by atoms with E-state index < -0.39 is 12.1 Å². The Kier molecular flexibility index (Phi) is 4.47. The Bertz CT molecular complexity index is 555. The summed E-state index contributed by atoms with van der Waals surface area (Å²) in [6.45, 7) is 5.84. The van der Waals surface area contributed by atoms with Crippen LogP contribution in [-0.2, 0) is 4.79 Å². The highest BCUT2D eigenvalue weighted by Gasteiger charge is 2.30. The van der Waals surface area contributed by atoms with Gasteiger partial charge >= 0.3 is 6.03 Å². The summed E-state index contributed by atoms with van der Waals surface area (Å²) < 4.78 is 5.67. The van der Waals surface area contributed by atoms with Crippen molar-refractivity contribution < 1.29 is 19.4 Å². The number of ether oxygens (including phenoxy) is 1. The lowest BCUT2D eigenvalue weighted by atomic mass is 10.1. The third-order valence-electron chi connectivity index (χ3n) is 3.62. The maximum absolute atomic E-state index is 11.4. The van der Waals surface area contributed by atoms with Crippen molar-refractivity contribution in [1.29, 1.82) is 0 Å². The van der Waals surface area contributed by atoms with E-state index >= 15 is 0 Å². The summed E-state index contributed by atoms with van der Waals surface area (Å²) in [6.07, 6.45) is -0.919. The van der Waals surface area contributed by atoms with Crippen LogP contribution in [0.15, 0.2) is 12.1 Å². The lowest BCUT2D eigenvalue weighted by Crippen LogP contribution is -2.39. The van der Waals surface area contributed by atoms with Gasteiger partial charge in [-0.15, -0.1) is 0 Å². The van der Waals surface area contributed by atoms with Gasteiger partial charge in [-0.25, -0.2) is 4.79 Å². The first-order valence-electron chi connectivity index (χ1n) is 6.86. The molecular weight excluding hydrogens is 272 g/mol. The number of urea groups is 1. The summed E-state index contributed by atoms with van der Waals surface area (Å²) in [5.41, 5.74) is 3.12. The van der Waals surface area contributed by atoms with Gasteiger partial charge in [0.05, 0.1) is 13.1 Å². The second kappa shape index (κ2) is 6.13. The number of nitrogens with zero attached hydrogens (tertiary/aromatic N) is 1. The number of hydrogen-bond acceptors (Lipinski definition) is 4. The van der Waals surface area contributed by atoms with E-state index in [1.807, 2.05) is 32.9 Å². The van der Waals surface area contributed by atoms with Crippen molar-refractivity contribution in [2.24, 2.45) is 0 Å². The summed E-state index contributed by atoms with van der Waals surface area (Å²) in [7, 11) is 0. The topological polar surface area (TPSA) is 78.9 Å². The van der Waals surface area contributed by atoms with E-state index in [1.54, 1.807) is 0 Å². The Morgan fingerprint density at radius 3 is 2.57 bits per heavy atom. The van der Waals surface area contributed by atoms with Crippen molar-refractivity contribution in [3.05, 3.63) is 28.8 Å². The number of benzene rings is 1. The first kappa shape index (κ1) is 15.3. The molecule has 1 unspecified atom stereocenters. The number of aliphatic hydroxyl groups is 1. The van der Waals surface area contributed by atoms with E-state index in [-0.39, 0.29) is 25.6 Å². The number of aryl methyl sites for hydroxylation is 2.